The van der Waals surface area contributed by atoms with Gasteiger partial charge in [0.25, 0.3) is 0 Å². The SMILES string of the molecule is CCC(C)(C)NC(=O)C=Cc1ccco1. The van der Waals surface area contributed by atoms with E-state index in [1.54, 1.807) is 24.5 Å². The van der Waals surface area contributed by atoms with Crippen LogP contribution in [0.5, 0.6) is 0 Å². The zero-order chi connectivity index (χ0) is 11.3. The Morgan fingerprint density at radius 2 is 2.33 bits per heavy atom. The van der Waals surface area contributed by atoms with Gasteiger partial charge in [0.2, 0.25) is 5.91 Å². The Bertz CT molecular complexity index is 337. The molecule has 0 aromatic carbocycles. The van der Waals surface area contributed by atoms with Gasteiger partial charge >= 0.3 is 0 Å². The van der Waals surface area contributed by atoms with E-state index in [0.717, 1.165) is 6.42 Å². The van der Waals surface area contributed by atoms with Crippen LogP contribution < -0.4 is 5.32 Å². The minimum atomic E-state index is -0.162. The summed E-state index contributed by atoms with van der Waals surface area (Å²) in [5.41, 5.74) is -0.162. The van der Waals surface area contributed by atoms with Gasteiger partial charge in [-0.25, -0.2) is 0 Å². The molecule has 0 aliphatic carbocycles. The monoisotopic (exact) mass is 207 g/mol. The lowest BCUT2D eigenvalue weighted by molar-refractivity contribution is -0.118. The van der Waals surface area contributed by atoms with Crippen LogP contribution in [0.1, 0.15) is 33.0 Å². The molecule has 0 bridgehead atoms. The highest BCUT2D eigenvalue weighted by Crippen LogP contribution is 2.07. The zero-order valence-electron chi connectivity index (χ0n) is 9.41. The third kappa shape index (κ3) is 4.02. The Hall–Kier alpha value is -1.51. The predicted molar refractivity (Wildman–Crippen MR) is 60.3 cm³/mol. The van der Waals surface area contributed by atoms with Gasteiger partial charge in [-0.2, -0.15) is 0 Å². The minimum absolute atomic E-state index is 0.0988. The summed E-state index contributed by atoms with van der Waals surface area (Å²) >= 11 is 0. The van der Waals surface area contributed by atoms with Crippen LogP contribution in [-0.2, 0) is 4.79 Å². The maximum atomic E-state index is 11.5. The summed E-state index contributed by atoms with van der Waals surface area (Å²) in [5, 5.41) is 2.90. The normalized spacial score (nSPS) is 11.9. The lowest BCUT2D eigenvalue weighted by Crippen LogP contribution is -2.41. The summed E-state index contributed by atoms with van der Waals surface area (Å²) in [4.78, 5) is 11.5. The highest BCUT2D eigenvalue weighted by atomic mass is 16.3. The van der Waals surface area contributed by atoms with Crippen LogP contribution in [0.15, 0.2) is 28.9 Å². The average Bonchev–Trinajstić information content (AvgIpc) is 2.66. The number of carbonyl (C=O) groups is 1. The second-order valence-corrected chi connectivity index (χ2v) is 4.08. The summed E-state index contributed by atoms with van der Waals surface area (Å²) in [5.74, 6) is 0.581. The summed E-state index contributed by atoms with van der Waals surface area (Å²) < 4.78 is 5.07. The molecule has 0 atom stereocenters. The summed E-state index contributed by atoms with van der Waals surface area (Å²) in [7, 11) is 0. The van der Waals surface area contributed by atoms with Crippen LogP contribution in [0, 0.1) is 0 Å². The van der Waals surface area contributed by atoms with Gasteiger partial charge < -0.3 is 9.73 Å². The van der Waals surface area contributed by atoms with Crippen molar-refractivity contribution in [3.8, 4) is 0 Å². The molecule has 0 aliphatic rings. The maximum Gasteiger partial charge on any atom is 0.244 e. The maximum absolute atomic E-state index is 11.5. The van der Waals surface area contributed by atoms with E-state index in [-0.39, 0.29) is 11.4 Å². The predicted octanol–water partition coefficient (Wildman–Crippen LogP) is 2.60. The third-order valence-corrected chi connectivity index (χ3v) is 2.29. The molecule has 1 aromatic heterocycles. The van der Waals surface area contributed by atoms with E-state index >= 15 is 0 Å². The quantitative estimate of drug-likeness (QED) is 0.771. The fourth-order valence-corrected chi connectivity index (χ4v) is 1.01. The van der Waals surface area contributed by atoms with Gasteiger partial charge in [0.1, 0.15) is 5.76 Å². The summed E-state index contributed by atoms with van der Waals surface area (Å²) in [6, 6.07) is 3.59. The van der Waals surface area contributed by atoms with E-state index in [2.05, 4.69) is 5.32 Å². The van der Waals surface area contributed by atoms with Crippen LogP contribution in [0.25, 0.3) is 6.08 Å². The molecule has 1 N–H and O–H groups in total. The molecule has 1 heterocycles. The van der Waals surface area contributed by atoms with Crippen LogP contribution >= 0.6 is 0 Å². The molecule has 15 heavy (non-hydrogen) atoms. The van der Waals surface area contributed by atoms with E-state index in [1.807, 2.05) is 20.8 Å². The van der Waals surface area contributed by atoms with Crippen LogP contribution in [0.2, 0.25) is 0 Å². The van der Waals surface area contributed by atoms with E-state index < -0.39 is 0 Å². The van der Waals surface area contributed by atoms with Crippen molar-refractivity contribution in [2.45, 2.75) is 32.7 Å². The Balaban J connectivity index is 2.50. The zero-order valence-corrected chi connectivity index (χ0v) is 9.41. The van der Waals surface area contributed by atoms with Gasteiger partial charge in [0.15, 0.2) is 0 Å². The molecule has 82 valence electrons. The molecular weight excluding hydrogens is 190 g/mol. The topological polar surface area (TPSA) is 42.2 Å². The number of rotatable bonds is 4. The molecule has 3 heteroatoms. The van der Waals surface area contributed by atoms with Crippen LogP contribution in [0.3, 0.4) is 0 Å². The number of furan rings is 1. The number of hydrogen-bond donors (Lipinski definition) is 1. The lowest BCUT2D eigenvalue weighted by Gasteiger charge is -2.23. The number of carbonyl (C=O) groups excluding carboxylic acids is 1. The van der Waals surface area contributed by atoms with Crippen LogP contribution in [-0.4, -0.2) is 11.4 Å². The van der Waals surface area contributed by atoms with Gasteiger partial charge in [-0.1, -0.05) is 6.92 Å². The standard InChI is InChI=1S/C12H17NO2/c1-4-12(2,3)13-11(14)8-7-10-6-5-9-15-10/h5-9H,4H2,1-3H3,(H,13,14). The van der Waals surface area contributed by atoms with Crippen molar-refractivity contribution in [2.75, 3.05) is 0 Å². The summed E-state index contributed by atoms with van der Waals surface area (Å²) in [6.07, 6.45) is 5.61. The Labute approximate surface area is 90.2 Å². The van der Waals surface area contributed by atoms with Gasteiger partial charge in [-0.15, -0.1) is 0 Å². The third-order valence-electron chi connectivity index (χ3n) is 2.29. The largest absolute Gasteiger partial charge is 0.465 e. The number of nitrogens with one attached hydrogen (secondary N) is 1. The first kappa shape index (κ1) is 11.6. The van der Waals surface area contributed by atoms with E-state index in [0.29, 0.717) is 5.76 Å². The second kappa shape index (κ2) is 4.82. The molecular formula is C12H17NO2. The average molecular weight is 207 g/mol. The fourth-order valence-electron chi connectivity index (χ4n) is 1.01. The van der Waals surface area contributed by atoms with Crippen molar-refractivity contribution in [3.63, 3.8) is 0 Å². The van der Waals surface area contributed by atoms with Gasteiger partial charge in [0.05, 0.1) is 6.26 Å². The fraction of sp³-hybridized carbons (Fsp3) is 0.417. The highest BCUT2D eigenvalue weighted by molar-refractivity contribution is 5.91. The van der Waals surface area contributed by atoms with Gasteiger partial charge in [-0.3, -0.25) is 4.79 Å². The van der Waals surface area contributed by atoms with E-state index in [4.69, 9.17) is 4.42 Å². The molecule has 3 nitrogen and oxygen atoms in total. The van der Waals surface area contributed by atoms with Crippen LogP contribution in [0.4, 0.5) is 0 Å². The first-order valence-electron chi connectivity index (χ1n) is 5.07. The van der Waals surface area contributed by atoms with Crippen molar-refractivity contribution in [1.82, 2.24) is 5.32 Å². The number of hydrogen-bond acceptors (Lipinski definition) is 2. The smallest absolute Gasteiger partial charge is 0.244 e. The molecule has 0 unspecified atom stereocenters. The molecule has 0 spiro atoms. The minimum Gasteiger partial charge on any atom is -0.465 e. The Kier molecular flexibility index (Phi) is 3.72. The first-order chi connectivity index (χ1) is 7.03. The summed E-state index contributed by atoms with van der Waals surface area (Å²) in [6.45, 7) is 6.02. The molecule has 1 rings (SSSR count). The molecule has 0 fully saturated rings. The van der Waals surface area contributed by atoms with Crippen molar-refractivity contribution in [3.05, 3.63) is 30.2 Å². The van der Waals surface area contributed by atoms with Gasteiger partial charge in [0, 0.05) is 11.6 Å². The molecule has 1 aromatic rings. The first-order valence-corrected chi connectivity index (χ1v) is 5.07. The molecule has 0 radical (unpaired) electrons. The van der Waals surface area contributed by atoms with Gasteiger partial charge in [-0.05, 0) is 38.5 Å². The van der Waals surface area contributed by atoms with E-state index in [1.165, 1.54) is 6.08 Å². The number of amides is 1. The Morgan fingerprint density at radius 1 is 1.60 bits per heavy atom. The van der Waals surface area contributed by atoms with Crippen molar-refractivity contribution < 1.29 is 9.21 Å². The Morgan fingerprint density at radius 3 is 2.87 bits per heavy atom. The highest BCUT2D eigenvalue weighted by Gasteiger charge is 2.15. The molecule has 1 amide bonds. The van der Waals surface area contributed by atoms with Crippen molar-refractivity contribution in [1.29, 1.82) is 0 Å². The molecule has 0 saturated carbocycles. The van der Waals surface area contributed by atoms with Crippen molar-refractivity contribution >= 4 is 12.0 Å². The van der Waals surface area contributed by atoms with Crippen molar-refractivity contribution in [2.24, 2.45) is 0 Å². The van der Waals surface area contributed by atoms with E-state index in [9.17, 15) is 4.79 Å². The molecule has 0 saturated heterocycles. The lowest BCUT2D eigenvalue weighted by atomic mass is 10.0. The molecule has 0 aliphatic heterocycles. The second-order valence-electron chi connectivity index (χ2n) is 4.08.